The monoisotopic (exact) mass is 483 g/mol. The molecule has 0 radical (unpaired) electrons. The van der Waals surface area contributed by atoms with E-state index in [1.807, 2.05) is 0 Å². The fourth-order valence-electron chi connectivity index (χ4n) is 2.92. The van der Waals surface area contributed by atoms with E-state index in [2.05, 4.69) is 10.6 Å². The number of carbonyl (C=O) groups is 2. The van der Waals surface area contributed by atoms with Crippen LogP contribution in [0.2, 0.25) is 5.02 Å². The highest BCUT2D eigenvalue weighted by molar-refractivity contribution is 6.34. The summed E-state index contributed by atoms with van der Waals surface area (Å²) in [5.41, 5.74) is 0.436. The molecule has 0 spiro atoms. The van der Waals surface area contributed by atoms with Gasteiger partial charge in [-0.05, 0) is 54.5 Å². The Morgan fingerprint density at radius 1 is 1.12 bits per heavy atom. The summed E-state index contributed by atoms with van der Waals surface area (Å²) in [6.45, 7) is 1.58. The van der Waals surface area contributed by atoms with Crippen LogP contribution in [0.1, 0.15) is 21.5 Å². The van der Waals surface area contributed by atoms with Crippen molar-refractivity contribution in [3.63, 3.8) is 0 Å². The van der Waals surface area contributed by atoms with Crippen LogP contribution in [0.25, 0.3) is 6.08 Å². The van der Waals surface area contributed by atoms with Gasteiger partial charge >= 0.3 is 0 Å². The SMILES string of the molecule is COc1ccc(Cl)c(C(=O)NC(=Cc2cccc([N+](=O)[O-])c2)C(=O)Nc2ccc(C)c(F)c2)c1. The third kappa shape index (κ3) is 5.96. The largest absolute Gasteiger partial charge is 0.497 e. The quantitative estimate of drug-likeness (QED) is 0.275. The first-order valence-corrected chi connectivity index (χ1v) is 10.2. The van der Waals surface area contributed by atoms with Crippen LogP contribution in [0.5, 0.6) is 5.75 Å². The van der Waals surface area contributed by atoms with Gasteiger partial charge in [0.15, 0.2) is 0 Å². The van der Waals surface area contributed by atoms with E-state index in [0.717, 1.165) is 6.07 Å². The van der Waals surface area contributed by atoms with Crippen LogP contribution in [-0.2, 0) is 4.79 Å². The molecule has 10 heteroatoms. The number of nitro benzene ring substituents is 1. The van der Waals surface area contributed by atoms with E-state index < -0.39 is 22.6 Å². The number of carbonyl (C=O) groups excluding carboxylic acids is 2. The van der Waals surface area contributed by atoms with Crippen molar-refractivity contribution < 1.29 is 23.6 Å². The number of halogens is 2. The number of non-ortho nitro benzene ring substituents is 1. The summed E-state index contributed by atoms with van der Waals surface area (Å²) >= 11 is 6.14. The van der Waals surface area contributed by atoms with Gasteiger partial charge in [0, 0.05) is 17.8 Å². The molecule has 3 rings (SSSR count). The highest BCUT2D eigenvalue weighted by Gasteiger charge is 2.18. The molecule has 2 amide bonds. The summed E-state index contributed by atoms with van der Waals surface area (Å²) in [5, 5.41) is 16.2. The van der Waals surface area contributed by atoms with Crippen molar-refractivity contribution in [2.45, 2.75) is 6.92 Å². The molecule has 0 unspecified atom stereocenters. The molecule has 0 fully saturated rings. The Bertz CT molecular complexity index is 1310. The predicted molar refractivity (Wildman–Crippen MR) is 126 cm³/mol. The first kappa shape index (κ1) is 24.4. The van der Waals surface area contributed by atoms with E-state index in [-0.39, 0.29) is 33.2 Å². The zero-order chi connectivity index (χ0) is 24.8. The van der Waals surface area contributed by atoms with Gasteiger partial charge in [-0.25, -0.2) is 4.39 Å². The van der Waals surface area contributed by atoms with Crippen molar-refractivity contribution in [2.24, 2.45) is 0 Å². The lowest BCUT2D eigenvalue weighted by atomic mass is 10.1. The average molecular weight is 484 g/mol. The van der Waals surface area contributed by atoms with Gasteiger partial charge in [0.25, 0.3) is 17.5 Å². The number of ether oxygens (including phenoxy) is 1. The Morgan fingerprint density at radius 2 is 1.88 bits per heavy atom. The lowest BCUT2D eigenvalue weighted by Gasteiger charge is -2.13. The maximum Gasteiger partial charge on any atom is 0.272 e. The Morgan fingerprint density at radius 3 is 2.56 bits per heavy atom. The fourth-order valence-corrected chi connectivity index (χ4v) is 3.12. The molecule has 0 aliphatic carbocycles. The number of nitrogens with one attached hydrogen (secondary N) is 2. The fraction of sp³-hybridized carbons (Fsp3) is 0.0833. The number of methoxy groups -OCH3 is 1. The van der Waals surface area contributed by atoms with Crippen molar-refractivity contribution in [1.29, 1.82) is 0 Å². The maximum absolute atomic E-state index is 13.9. The van der Waals surface area contributed by atoms with E-state index in [1.54, 1.807) is 13.0 Å². The van der Waals surface area contributed by atoms with Gasteiger partial charge in [-0.15, -0.1) is 0 Å². The van der Waals surface area contributed by atoms with Gasteiger partial charge in [0.1, 0.15) is 17.3 Å². The number of nitro groups is 1. The lowest BCUT2D eigenvalue weighted by Crippen LogP contribution is -2.31. The molecule has 0 bridgehead atoms. The molecule has 34 heavy (non-hydrogen) atoms. The minimum Gasteiger partial charge on any atom is -0.497 e. The summed E-state index contributed by atoms with van der Waals surface area (Å²) in [5.74, 6) is -1.64. The number of anilines is 1. The van der Waals surface area contributed by atoms with Gasteiger partial charge in [-0.3, -0.25) is 19.7 Å². The summed E-state index contributed by atoms with van der Waals surface area (Å²) in [7, 11) is 1.42. The van der Waals surface area contributed by atoms with Crippen molar-refractivity contribution in [1.82, 2.24) is 5.32 Å². The second-order valence-corrected chi connectivity index (χ2v) is 7.54. The molecule has 0 heterocycles. The molecule has 2 N–H and O–H groups in total. The first-order chi connectivity index (χ1) is 16.2. The number of hydrogen-bond donors (Lipinski definition) is 2. The third-order valence-corrected chi connectivity index (χ3v) is 5.06. The number of rotatable bonds is 7. The van der Waals surface area contributed by atoms with Crippen LogP contribution >= 0.6 is 11.6 Å². The Balaban J connectivity index is 1.98. The molecule has 0 aliphatic heterocycles. The van der Waals surface area contributed by atoms with Crippen molar-refractivity contribution in [3.8, 4) is 5.75 Å². The normalized spacial score (nSPS) is 11.0. The molecule has 0 atom stereocenters. The highest BCUT2D eigenvalue weighted by Crippen LogP contribution is 2.23. The molecule has 0 aromatic heterocycles. The molecule has 0 saturated carbocycles. The van der Waals surface area contributed by atoms with Crippen LogP contribution in [-0.4, -0.2) is 23.8 Å². The number of hydrogen-bond acceptors (Lipinski definition) is 5. The van der Waals surface area contributed by atoms with Gasteiger partial charge < -0.3 is 15.4 Å². The third-order valence-electron chi connectivity index (χ3n) is 4.73. The minimum atomic E-state index is -0.776. The molecule has 0 aliphatic rings. The van der Waals surface area contributed by atoms with Gasteiger partial charge in [0.05, 0.1) is 22.6 Å². The number of nitrogens with zero attached hydrogens (tertiary/aromatic N) is 1. The summed E-state index contributed by atoms with van der Waals surface area (Å²) in [4.78, 5) is 36.4. The van der Waals surface area contributed by atoms with E-state index in [0.29, 0.717) is 11.3 Å². The van der Waals surface area contributed by atoms with Crippen LogP contribution in [0.15, 0.2) is 66.4 Å². The maximum atomic E-state index is 13.9. The minimum absolute atomic E-state index is 0.0418. The van der Waals surface area contributed by atoms with Gasteiger partial charge in [-0.1, -0.05) is 29.8 Å². The first-order valence-electron chi connectivity index (χ1n) is 9.86. The summed E-state index contributed by atoms with van der Waals surface area (Å²) < 4.78 is 19.0. The Kier molecular flexibility index (Phi) is 7.60. The van der Waals surface area contributed by atoms with E-state index >= 15 is 0 Å². The second-order valence-electron chi connectivity index (χ2n) is 7.13. The average Bonchev–Trinajstić information content (AvgIpc) is 2.81. The van der Waals surface area contributed by atoms with E-state index in [9.17, 15) is 24.1 Å². The lowest BCUT2D eigenvalue weighted by molar-refractivity contribution is -0.384. The number of benzene rings is 3. The molecule has 174 valence electrons. The molecular formula is C24H19ClFN3O5. The molecular weight excluding hydrogens is 465 g/mol. The van der Waals surface area contributed by atoms with Crippen LogP contribution in [0, 0.1) is 22.9 Å². The van der Waals surface area contributed by atoms with E-state index in [4.69, 9.17) is 16.3 Å². The van der Waals surface area contributed by atoms with Gasteiger partial charge in [0.2, 0.25) is 0 Å². The van der Waals surface area contributed by atoms with E-state index in [1.165, 1.54) is 61.7 Å². The Hall–Kier alpha value is -4.24. The molecule has 8 nitrogen and oxygen atoms in total. The Labute approximate surface area is 199 Å². The highest BCUT2D eigenvalue weighted by atomic mass is 35.5. The topological polar surface area (TPSA) is 111 Å². The van der Waals surface area contributed by atoms with Crippen molar-refractivity contribution in [3.05, 3.63) is 104 Å². The second kappa shape index (κ2) is 10.6. The van der Waals surface area contributed by atoms with Crippen molar-refractivity contribution >= 4 is 40.9 Å². The zero-order valence-corrected chi connectivity index (χ0v) is 18.9. The van der Waals surface area contributed by atoms with Crippen LogP contribution in [0.3, 0.4) is 0 Å². The molecule has 0 saturated heterocycles. The standard InChI is InChI=1S/C24H19ClFN3O5/c1-14-6-7-16(12-21(14)26)27-24(31)22(11-15-4-3-5-17(10-15)29(32)33)28-23(30)19-13-18(34-2)8-9-20(19)25/h3-13H,1-2H3,(H,27,31)(H,28,30). The number of aryl methyl sites for hydroxylation is 1. The zero-order valence-electron chi connectivity index (χ0n) is 18.1. The smallest absolute Gasteiger partial charge is 0.272 e. The summed E-state index contributed by atoms with van der Waals surface area (Å²) in [6, 6.07) is 14.1. The van der Waals surface area contributed by atoms with Crippen LogP contribution in [0.4, 0.5) is 15.8 Å². The molecule has 3 aromatic carbocycles. The van der Waals surface area contributed by atoms with Gasteiger partial charge in [-0.2, -0.15) is 0 Å². The molecule has 3 aromatic rings. The van der Waals surface area contributed by atoms with Crippen LogP contribution < -0.4 is 15.4 Å². The predicted octanol–water partition coefficient (Wildman–Crippen LogP) is 5.11. The van der Waals surface area contributed by atoms with Crippen molar-refractivity contribution in [2.75, 3.05) is 12.4 Å². The number of amides is 2. The summed E-state index contributed by atoms with van der Waals surface area (Å²) in [6.07, 6.45) is 1.26.